The molecule has 5 nitrogen and oxygen atoms in total. The highest BCUT2D eigenvalue weighted by molar-refractivity contribution is 5.91. The van der Waals surface area contributed by atoms with Crippen molar-refractivity contribution in [2.75, 3.05) is 0 Å². The molecule has 2 heterocycles. The Morgan fingerprint density at radius 2 is 1.87 bits per heavy atom. The Hall–Kier alpha value is -2.53. The van der Waals surface area contributed by atoms with Crippen molar-refractivity contribution < 1.29 is 23.9 Å². The second-order valence-corrected chi connectivity index (χ2v) is 8.90. The third-order valence-electron chi connectivity index (χ3n) is 5.12. The summed E-state index contributed by atoms with van der Waals surface area (Å²) in [6.45, 7) is 11.9. The molecule has 30 heavy (non-hydrogen) atoms. The number of carbonyl (C=O) groups is 3. The van der Waals surface area contributed by atoms with Crippen molar-refractivity contribution in [1.82, 2.24) is 0 Å². The molecular formula is C25H32O5. The van der Waals surface area contributed by atoms with Crippen LogP contribution in [-0.2, 0) is 23.9 Å². The maximum absolute atomic E-state index is 12.2. The molecule has 2 aliphatic heterocycles. The minimum atomic E-state index is -0.867. The number of cyclic esters (lactones) is 1. The van der Waals surface area contributed by atoms with E-state index in [0.29, 0.717) is 32.0 Å². The summed E-state index contributed by atoms with van der Waals surface area (Å²) in [5.74, 6) is -0.615. The van der Waals surface area contributed by atoms with E-state index in [1.807, 2.05) is 39.8 Å². The number of carbonyl (C=O) groups excluding carboxylic acids is 3. The van der Waals surface area contributed by atoms with Crippen LogP contribution in [0, 0.1) is 0 Å². The topological polar surface area (TPSA) is 69.7 Å². The Labute approximate surface area is 179 Å². The zero-order valence-electron chi connectivity index (χ0n) is 18.4. The van der Waals surface area contributed by atoms with Crippen molar-refractivity contribution >= 4 is 18.0 Å². The van der Waals surface area contributed by atoms with E-state index in [4.69, 9.17) is 9.47 Å². The van der Waals surface area contributed by atoms with Gasteiger partial charge in [-0.3, -0.25) is 9.59 Å². The molecular weight excluding hydrogens is 380 g/mol. The molecule has 0 aromatic rings. The number of fused-ring (bicyclic) bond motifs is 2. The molecule has 0 N–H and O–H groups in total. The van der Waals surface area contributed by atoms with Gasteiger partial charge in [0.1, 0.15) is 0 Å². The largest absolute Gasteiger partial charge is 0.451 e. The summed E-state index contributed by atoms with van der Waals surface area (Å²) in [5, 5.41) is 0. The van der Waals surface area contributed by atoms with Crippen LogP contribution in [0.2, 0.25) is 0 Å². The van der Waals surface area contributed by atoms with E-state index in [2.05, 4.69) is 6.58 Å². The molecule has 162 valence electrons. The number of allylic oxidation sites excluding steroid dienone is 4. The second kappa shape index (κ2) is 9.98. The summed E-state index contributed by atoms with van der Waals surface area (Å²) in [5.41, 5.74) is 1.72. The number of hydrogen-bond acceptors (Lipinski definition) is 5. The van der Waals surface area contributed by atoms with Crippen LogP contribution in [0.3, 0.4) is 0 Å². The zero-order chi connectivity index (χ0) is 22.4. The van der Waals surface area contributed by atoms with E-state index < -0.39 is 23.3 Å². The highest BCUT2D eigenvalue weighted by Gasteiger charge is 2.40. The van der Waals surface area contributed by atoms with Gasteiger partial charge >= 0.3 is 5.97 Å². The summed E-state index contributed by atoms with van der Waals surface area (Å²) in [7, 11) is 0. The van der Waals surface area contributed by atoms with Gasteiger partial charge in [-0.25, -0.2) is 4.79 Å². The van der Waals surface area contributed by atoms with Crippen LogP contribution in [0.4, 0.5) is 0 Å². The minimum absolute atomic E-state index is 0.0152. The van der Waals surface area contributed by atoms with Gasteiger partial charge in [-0.1, -0.05) is 47.6 Å². The smallest absolute Gasteiger partial charge is 0.331 e. The van der Waals surface area contributed by atoms with Crippen molar-refractivity contribution in [3.63, 3.8) is 0 Å². The van der Waals surface area contributed by atoms with Crippen molar-refractivity contribution in [3.8, 4) is 0 Å². The lowest BCUT2D eigenvalue weighted by Gasteiger charge is -2.45. The molecule has 0 spiro atoms. The first-order chi connectivity index (χ1) is 14.0. The van der Waals surface area contributed by atoms with Crippen LogP contribution in [-0.4, -0.2) is 35.3 Å². The number of aldehydes is 1. The van der Waals surface area contributed by atoms with E-state index in [-0.39, 0.29) is 12.2 Å². The average Bonchev–Trinajstić information content (AvgIpc) is 2.58. The standard InChI is InChI=1S/C25H32O5/c1-18-8-6-10-23(28)29-22(17-26)13-19(2)14-25(5)16-20(3)15-24(4,30-25)11-7-9-21(27)12-18/h6-10,14,17,22H,3,11-13,15-16H2,1-2,4-5H3/b9-7+,10-6+,18-8-,19-14+/t22?,24-,25+/m1/s1. The quantitative estimate of drug-likeness (QED) is 0.353. The summed E-state index contributed by atoms with van der Waals surface area (Å²) >= 11 is 0. The molecule has 0 aromatic carbocycles. The van der Waals surface area contributed by atoms with Crippen LogP contribution in [0.1, 0.15) is 59.8 Å². The van der Waals surface area contributed by atoms with E-state index in [1.54, 1.807) is 12.2 Å². The number of esters is 1. The predicted octanol–water partition coefficient (Wildman–Crippen LogP) is 4.74. The molecule has 3 atom stereocenters. The van der Waals surface area contributed by atoms with Crippen LogP contribution < -0.4 is 0 Å². The predicted molar refractivity (Wildman–Crippen MR) is 117 cm³/mol. The number of ketones is 1. The van der Waals surface area contributed by atoms with Crippen LogP contribution in [0.25, 0.3) is 0 Å². The zero-order valence-corrected chi connectivity index (χ0v) is 18.4. The Bertz CT molecular complexity index is 828. The van der Waals surface area contributed by atoms with Gasteiger partial charge in [0.2, 0.25) is 0 Å². The number of rotatable bonds is 1. The molecule has 2 bridgehead atoms. The van der Waals surface area contributed by atoms with Gasteiger partial charge in [-0.2, -0.15) is 0 Å². The van der Waals surface area contributed by atoms with Gasteiger partial charge in [-0.15, -0.1) is 0 Å². The maximum atomic E-state index is 12.2. The fraction of sp³-hybridized carbons (Fsp3) is 0.480. The molecule has 1 unspecified atom stereocenters. The first kappa shape index (κ1) is 23.7. The van der Waals surface area contributed by atoms with Crippen LogP contribution in [0.15, 0.2) is 59.8 Å². The summed E-state index contributed by atoms with van der Waals surface area (Å²) in [6, 6.07) is 0. The van der Waals surface area contributed by atoms with E-state index >= 15 is 0 Å². The molecule has 0 aliphatic carbocycles. The monoisotopic (exact) mass is 412 g/mol. The van der Waals surface area contributed by atoms with E-state index in [9.17, 15) is 14.4 Å². The van der Waals surface area contributed by atoms with Gasteiger partial charge in [0.25, 0.3) is 0 Å². The summed E-state index contributed by atoms with van der Waals surface area (Å²) < 4.78 is 11.7. The second-order valence-electron chi connectivity index (χ2n) is 8.90. The van der Waals surface area contributed by atoms with E-state index in [1.165, 1.54) is 12.2 Å². The highest BCUT2D eigenvalue weighted by atomic mass is 16.5. The molecule has 0 aromatic heterocycles. The first-order valence-corrected chi connectivity index (χ1v) is 10.3. The molecule has 1 fully saturated rings. The van der Waals surface area contributed by atoms with Crippen molar-refractivity contribution in [2.24, 2.45) is 0 Å². The lowest BCUT2D eigenvalue weighted by Crippen LogP contribution is -2.45. The Balaban J connectivity index is 2.36. The molecule has 0 amide bonds. The average molecular weight is 413 g/mol. The third-order valence-corrected chi connectivity index (χ3v) is 5.12. The molecule has 1 saturated heterocycles. The highest BCUT2D eigenvalue weighted by Crippen LogP contribution is 2.41. The summed E-state index contributed by atoms with van der Waals surface area (Å²) in [6.07, 6.45) is 12.2. The molecule has 0 saturated carbocycles. The van der Waals surface area contributed by atoms with Crippen molar-refractivity contribution in [1.29, 1.82) is 0 Å². The fourth-order valence-corrected chi connectivity index (χ4v) is 4.24. The summed E-state index contributed by atoms with van der Waals surface area (Å²) in [4.78, 5) is 35.7. The van der Waals surface area contributed by atoms with Gasteiger partial charge in [0, 0.05) is 25.3 Å². The molecule has 2 aliphatic rings. The fourth-order valence-electron chi connectivity index (χ4n) is 4.24. The normalized spacial score (nSPS) is 37.5. The molecule has 5 heteroatoms. The Morgan fingerprint density at radius 3 is 2.57 bits per heavy atom. The van der Waals surface area contributed by atoms with Gasteiger partial charge in [0.05, 0.1) is 11.2 Å². The molecule has 0 radical (unpaired) electrons. The number of hydrogen-bond donors (Lipinski definition) is 0. The molecule has 2 rings (SSSR count). The van der Waals surface area contributed by atoms with E-state index in [0.717, 1.165) is 16.7 Å². The SMILES string of the molecule is C=C1C[C@@]2(C)C/C=C/C(=O)C/C(C)=C\C=C\C(=O)OC(C=O)C/C(C)=C/[C@@](C)(C1)O2. The Morgan fingerprint density at radius 1 is 1.13 bits per heavy atom. The lowest BCUT2D eigenvalue weighted by atomic mass is 9.81. The van der Waals surface area contributed by atoms with Gasteiger partial charge < -0.3 is 9.47 Å². The maximum Gasteiger partial charge on any atom is 0.331 e. The third kappa shape index (κ3) is 7.38. The van der Waals surface area contributed by atoms with Crippen LogP contribution in [0.5, 0.6) is 0 Å². The van der Waals surface area contributed by atoms with Crippen molar-refractivity contribution in [2.45, 2.75) is 77.1 Å². The lowest BCUT2D eigenvalue weighted by molar-refractivity contribution is -0.146. The van der Waals surface area contributed by atoms with Gasteiger partial charge in [-0.05, 0) is 46.6 Å². The Kier molecular flexibility index (Phi) is 7.90. The first-order valence-electron chi connectivity index (χ1n) is 10.3. The minimum Gasteiger partial charge on any atom is -0.451 e. The van der Waals surface area contributed by atoms with Crippen LogP contribution >= 0.6 is 0 Å². The van der Waals surface area contributed by atoms with Gasteiger partial charge in [0.15, 0.2) is 18.2 Å². The van der Waals surface area contributed by atoms with Crippen molar-refractivity contribution in [3.05, 3.63) is 59.8 Å². The number of ether oxygens (including phenoxy) is 2.